The average Bonchev–Trinajstić information content (AvgIpc) is 2.35. The minimum Gasteiger partial charge on any atom is -0.444 e. The molecule has 0 bridgehead atoms. The van der Waals surface area contributed by atoms with Gasteiger partial charge in [-0.15, -0.1) is 0 Å². The summed E-state index contributed by atoms with van der Waals surface area (Å²) in [4.78, 5) is 10.6. The van der Waals surface area contributed by atoms with Gasteiger partial charge in [0.15, 0.2) is 0 Å². The molecule has 1 amide bonds. The fourth-order valence-corrected chi connectivity index (χ4v) is 1.08. The van der Waals surface area contributed by atoms with Gasteiger partial charge in [0, 0.05) is 12.5 Å². The van der Waals surface area contributed by atoms with Crippen LogP contribution in [0.4, 0.5) is 4.79 Å². The van der Waals surface area contributed by atoms with Gasteiger partial charge in [-0.05, 0) is 14.0 Å². The minimum absolute atomic E-state index is 0.0462. The van der Waals surface area contributed by atoms with Crippen LogP contribution in [0.3, 0.4) is 0 Å². The van der Waals surface area contributed by atoms with E-state index >= 15 is 0 Å². The van der Waals surface area contributed by atoms with E-state index in [0.717, 1.165) is 6.42 Å². The molecule has 0 aromatic carbocycles. The van der Waals surface area contributed by atoms with E-state index < -0.39 is 0 Å². The summed E-state index contributed by atoms with van der Waals surface area (Å²) in [6.07, 6.45) is 0.623. The lowest BCUT2D eigenvalue weighted by molar-refractivity contribution is 0.131. The molecule has 1 rings (SSSR count). The van der Waals surface area contributed by atoms with Crippen molar-refractivity contribution in [3.63, 3.8) is 0 Å². The molecule has 1 saturated heterocycles. The lowest BCUT2D eigenvalue weighted by Gasteiger charge is -2.13. The summed E-state index contributed by atoms with van der Waals surface area (Å²) in [7, 11) is 1.90. The van der Waals surface area contributed by atoms with Crippen LogP contribution in [0, 0.1) is 0 Å². The highest BCUT2D eigenvalue weighted by atomic mass is 16.6. The van der Waals surface area contributed by atoms with Gasteiger partial charge in [-0.2, -0.15) is 0 Å². The summed E-state index contributed by atoms with van der Waals surface area (Å²) in [5, 5.41) is 5.70. The van der Waals surface area contributed by atoms with Gasteiger partial charge in [0.05, 0.1) is 6.54 Å². The molecule has 1 heterocycles. The Morgan fingerprint density at radius 2 is 2.64 bits per heavy atom. The van der Waals surface area contributed by atoms with Gasteiger partial charge in [-0.3, -0.25) is 0 Å². The molecule has 0 aliphatic carbocycles. The Hall–Kier alpha value is -0.770. The van der Waals surface area contributed by atoms with Crippen LogP contribution < -0.4 is 10.6 Å². The first-order valence-electron chi connectivity index (χ1n) is 3.84. The van der Waals surface area contributed by atoms with E-state index in [1.807, 2.05) is 7.05 Å². The summed E-state index contributed by atoms with van der Waals surface area (Å²) >= 11 is 0. The van der Waals surface area contributed by atoms with Crippen molar-refractivity contribution in [1.82, 2.24) is 10.6 Å². The lowest BCUT2D eigenvalue weighted by Crippen LogP contribution is -2.28. The monoisotopic (exact) mass is 158 g/mol. The van der Waals surface area contributed by atoms with Crippen LogP contribution in [0.15, 0.2) is 0 Å². The maximum absolute atomic E-state index is 10.6. The van der Waals surface area contributed by atoms with E-state index in [2.05, 4.69) is 17.6 Å². The molecule has 0 spiro atoms. The van der Waals surface area contributed by atoms with Crippen LogP contribution in [0.2, 0.25) is 0 Å². The van der Waals surface area contributed by atoms with Crippen LogP contribution in [-0.4, -0.2) is 31.8 Å². The number of hydrogen-bond donors (Lipinski definition) is 2. The predicted molar refractivity (Wildman–Crippen MR) is 41.4 cm³/mol. The number of hydrogen-bond acceptors (Lipinski definition) is 3. The molecule has 2 atom stereocenters. The van der Waals surface area contributed by atoms with Crippen molar-refractivity contribution < 1.29 is 9.53 Å². The van der Waals surface area contributed by atoms with Gasteiger partial charge in [-0.25, -0.2) is 4.79 Å². The van der Waals surface area contributed by atoms with Crippen molar-refractivity contribution in [3.8, 4) is 0 Å². The largest absolute Gasteiger partial charge is 0.444 e. The molecule has 1 aliphatic rings. The van der Waals surface area contributed by atoms with E-state index in [-0.39, 0.29) is 12.2 Å². The molecule has 11 heavy (non-hydrogen) atoms. The first-order valence-corrected chi connectivity index (χ1v) is 3.84. The normalized spacial score (nSPS) is 26.0. The van der Waals surface area contributed by atoms with Gasteiger partial charge in [0.25, 0.3) is 0 Å². The molecule has 2 unspecified atom stereocenters. The second kappa shape index (κ2) is 3.57. The molecule has 4 nitrogen and oxygen atoms in total. The standard InChI is InChI=1S/C7H14N2O2/c1-5(8-2)3-6-4-9-7(10)11-6/h5-6,8H,3-4H2,1-2H3,(H,9,10). The molecular weight excluding hydrogens is 144 g/mol. The number of carbonyl (C=O) groups is 1. The molecule has 4 heteroatoms. The fourth-order valence-electron chi connectivity index (χ4n) is 1.08. The van der Waals surface area contributed by atoms with E-state index in [0.29, 0.717) is 12.6 Å². The van der Waals surface area contributed by atoms with E-state index in [9.17, 15) is 4.79 Å². The van der Waals surface area contributed by atoms with Crippen LogP contribution in [0.25, 0.3) is 0 Å². The second-order valence-electron chi connectivity index (χ2n) is 2.83. The van der Waals surface area contributed by atoms with Crippen molar-refractivity contribution in [2.45, 2.75) is 25.5 Å². The summed E-state index contributed by atoms with van der Waals surface area (Å²) < 4.78 is 4.94. The van der Waals surface area contributed by atoms with Gasteiger partial charge < -0.3 is 15.4 Å². The number of amides is 1. The fraction of sp³-hybridized carbons (Fsp3) is 0.857. The highest BCUT2D eigenvalue weighted by Gasteiger charge is 2.23. The molecule has 0 aromatic rings. The van der Waals surface area contributed by atoms with Crippen LogP contribution in [-0.2, 0) is 4.74 Å². The van der Waals surface area contributed by atoms with Gasteiger partial charge in [0.1, 0.15) is 6.10 Å². The first kappa shape index (κ1) is 8.33. The highest BCUT2D eigenvalue weighted by Crippen LogP contribution is 2.06. The molecule has 0 aromatic heterocycles. The third-order valence-electron chi connectivity index (χ3n) is 1.86. The van der Waals surface area contributed by atoms with Crippen molar-refractivity contribution in [3.05, 3.63) is 0 Å². The summed E-state index contributed by atoms with van der Waals surface area (Å²) in [5.74, 6) is 0. The van der Waals surface area contributed by atoms with E-state index in [1.54, 1.807) is 0 Å². The molecule has 2 N–H and O–H groups in total. The van der Waals surface area contributed by atoms with Crippen LogP contribution in [0.5, 0.6) is 0 Å². The number of nitrogens with one attached hydrogen (secondary N) is 2. The van der Waals surface area contributed by atoms with Crippen LogP contribution in [0.1, 0.15) is 13.3 Å². The zero-order valence-corrected chi connectivity index (χ0v) is 6.89. The SMILES string of the molecule is CNC(C)CC1CNC(=O)O1. The summed E-state index contributed by atoms with van der Waals surface area (Å²) in [5.41, 5.74) is 0. The van der Waals surface area contributed by atoms with E-state index in [4.69, 9.17) is 4.74 Å². The van der Waals surface area contributed by atoms with Gasteiger partial charge in [-0.1, -0.05) is 0 Å². The topological polar surface area (TPSA) is 50.4 Å². The number of ether oxygens (including phenoxy) is 1. The van der Waals surface area contributed by atoms with Crippen molar-refractivity contribution in [2.24, 2.45) is 0 Å². The van der Waals surface area contributed by atoms with Crippen LogP contribution >= 0.6 is 0 Å². The Bertz CT molecular complexity index is 149. The maximum Gasteiger partial charge on any atom is 0.407 e. The molecule has 64 valence electrons. The molecule has 1 fully saturated rings. The second-order valence-corrected chi connectivity index (χ2v) is 2.83. The van der Waals surface area contributed by atoms with Crippen molar-refractivity contribution in [1.29, 1.82) is 0 Å². The Kier molecular flexibility index (Phi) is 2.70. The van der Waals surface area contributed by atoms with Gasteiger partial charge >= 0.3 is 6.09 Å². The first-order chi connectivity index (χ1) is 5.22. The highest BCUT2D eigenvalue weighted by molar-refractivity contribution is 5.69. The third-order valence-corrected chi connectivity index (χ3v) is 1.86. The number of alkyl carbamates (subject to hydrolysis) is 1. The molecular formula is C7H14N2O2. The lowest BCUT2D eigenvalue weighted by atomic mass is 10.1. The smallest absolute Gasteiger partial charge is 0.407 e. The van der Waals surface area contributed by atoms with E-state index in [1.165, 1.54) is 0 Å². The molecule has 1 aliphatic heterocycles. The number of cyclic esters (lactones) is 1. The van der Waals surface area contributed by atoms with Crippen molar-refractivity contribution >= 4 is 6.09 Å². The Morgan fingerprint density at radius 1 is 1.91 bits per heavy atom. The predicted octanol–water partition coefficient (Wildman–Crippen LogP) is 0.0928. The quantitative estimate of drug-likeness (QED) is 0.612. The van der Waals surface area contributed by atoms with Gasteiger partial charge in [0.2, 0.25) is 0 Å². The Morgan fingerprint density at radius 3 is 3.09 bits per heavy atom. The van der Waals surface area contributed by atoms with Crippen molar-refractivity contribution in [2.75, 3.05) is 13.6 Å². The maximum atomic E-state index is 10.6. The molecule has 0 saturated carbocycles. The molecule has 0 radical (unpaired) electrons. The zero-order valence-electron chi connectivity index (χ0n) is 6.89. The summed E-state index contributed by atoms with van der Waals surface area (Å²) in [6.45, 7) is 2.71. The minimum atomic E-state index is -0.293. The third kappa shape index (κ3) is 2.38. The average molecular weight is 158 g/mol. The Balaban J connectivity index is 2.22. The summed E-state index contributed by atoms with van der Waals surface area (Å²) in [6, 6.07) is 0.396. The number of rotatable bonds is 3. The Labute approximate surface area is 66.3 Å². The zero-order chi connectivity index (χ0) is 8.27. The number of carbonyl (C=O) groups excluding carboxylic acids is 1.